The number of rotatable bonds is 6. The van der Waals surface area contributed by atoms with Crippen LogP contribution in [0.4, 0.5) is 16.3 Å². The van der Waals surface area contributed by atoms with Crippen molar-refractivity contribution in [1.29, 1.82) is 0 Å². The van der Waals surface area contributed by atoms with E-state index in [1.165, 1.54) is 17.4 Å². The van der Waals surface area contributed by atoms with Gasteiger partial charge in [-0.25, -0.2) is 9.78 Å². The number of aromatic nitrogens is 1. The van der Waals surface area contributed by atoms with Crippen molar-refractivity contribution in [3.63, 3.8) is 0 Å². The topological polar surface area (TPSA) is 119 Å². The average Bonchev–Trinajstić information content (AvgIpc) is 3.29. The lowest BCUT2D eigenvalue weighted by Crippen LogP contribution is -2.27. The molecule has 3 N–H and O–H groups in total. The Morgan fingerprint density at radius 3 is 2.65 bits per heavy atom. The first-order chi connectivity index (χ1) is 17.6. The van der Waals surface area contributed by atoms with Gasteiger partial charge in [0.25, 0.3) is 5.91 Å². The first-order valence-corrected chi connectivity index (χ1v) is 12.3. The molecule has 0 radical (unpaired) electrons. The minimum atomic E-state index is -0.600. The van der Waals surface area contributed by atoms with Crippen molar-refractivity contribution >= 4 is 52.9 Å². The molecule has 10 heteroatoms. The number of carbonyl (C=O) groups excluding carboxylic acids is 3. The first kappa shape index (κ1) is 25.6. The highest BCUT2D eigenvalue weighted by atomic mass is 32.1. The number of benzene rings is 1. The number of hydrogen-bond donors (Lipinski definition) is 3. The lowest BCUT2D eigenvalue weighted by molar-refractivity contribution is -0.116. The predicted molar refractivity (Wildman–Crippen MR) is 143 cm³/mol. The summed E-state index contributed by atoms with van der Waals surface area (Å²) in [6.07, 6.45) is 5.79. The molecule has 1 aromatic carbocycles. The molecule has 0 atom stereocenters. The summed E-state index contributed by atoms with van der Waals surface area (Å²) in [6, 6.07) is 14.3. The van der Waals surface area contributed by atoms with E-state index < -0.39 is 11.7 Å². The summed E-state index contributed by atoms with van der Waals surface area (Å²) in [5.41, 5.74) is 0.806. The van der Waals surface area contributed by atoms with Crippen molar-refractivity contribution in [1.82, 2.24) is 10.3 Å². The van der Waals surface area contributed by atoms with Gasteiger partial charge < -0.3 is 20.1 Å². The molecule has 0 saturated carbocycles. The summed E-state index contributed by atoms with van der Waals surface area (Å²) in [4.78, 5) is 42.2. The second-order valence-electron chi connectivity index (χ2n) is 9.03. The molecule has 9 nitrogen and oxygen atoms in total. The van der Waals surface area contributed by atoms with E-state index in [1.807, 2.05) is 24.3 Å². The Hall–Kier alpha value is -4.44. The fourth-order valence-corrected chi connectivity index (χ4v) is 4.03. The maximum absolute atomic E-state index is 12.3. The molecule has 1 aliphatic heterocycles. The number of para-hydroxylation sites is 2. The molecule has 0 aliphatic carbocycles. The molecule has 0 unspecified atom stereocenters. The number of amides is 3. The summed E-state index contributed by atoms with van der Waals surface area (Å²) in [5.74, 6) is 0.566. The van der Waals surface area contributed by atoms with Gasteiger partial charge in [-0.2, -0.15) is 0 Å². The zero-order valence-corrected chi connectivity index (χ0v) is 21.3. The van der Waals surface area contributed by atoms with Crippen molar-refractivity contribution in [2.75, 3.05) is 10.6 Å². The quantitative estimate of drug-likeness (QED) is 0.387. The molecule has 3 aromatic rings. The van der Waals surface area contributed by atoms with Gasteiger partial charge in [-0.15, -0.1) is 11.3 Å². The Bertz CT molecular complexity index is 1370. The van der Waals surface area contributed by atoms with Gasteiger partial charge in [-0.3, -0.25) is 14.9 Å². The molecule has 190 valence electrons. The molecule has 2 aromatic heterocycles. The van der Waals surface area contributed by atoms with Crippen LogP contribution in [0.3, 0.4) is 0 Å². The van der Waals surface area contributed by atoms with Crippen LogP contribution >= 0.6 is 11.3 Å². The Labute approximate surface area is 218 Å². The van der Waals surface area contributed by atoms with Gasteiger partial charge in [0.15, 0.2) is 11.5 Å². The maximum Gasteiger partial charge on any atom is 0.413 e. The van der Waals surface area contributed by atoms with Crippen LogP contribution in [0.25, 0.3) is 12.2 Å². The Balaban J connectivity index is 1.27. The lowest BCUT2D eigenvalue weighted by atomic mass is 10.2. The number of hydrogen-bond acceptors (Lipinski definition) is 7. The zero-order chi connectivity index (χ0) is 26.4. The van der Waals surface area contributed by atoms with Crippen LogP contribution in [0.5, 0.6) is 5.75 Å². The van der Waals surface area contributed by atoms with Gasteiger partial charge in [-0.1, -0.05) is 18.2 Å². The third kappa shape index (κ3) is 7.52. The molecule has 3 heterocycles. The molecule has 0 fully saturated rings. The minimum Gasteiger partial charge on any atom is -0.449 e. The van der Waals surface area contributed by atoms with Crippen molar-refractivity contribution in [2.24, 2.45) is 0 Å². The third-order valence-electron chi connectivity index (χ3n) is 4.82. The van der Waals surface area contributed by atoms with Crippen LogP contribution in [0.15, 0.2) is 66.6 Å². The van der Waals surface area contributed by atoms with Crippen LogP contribution in [-0.2, 0) is 20.9 Å². The number of anilines is 2. The summed E-state index contributed by atoms with van der Waals surface area (Å²) >= 11 is 1.42. The first-order valence-electron chi connectivity index (χ1n) is 11.5. The summed E-state index contributed by atoms with van der Waals surface area (Å²) < 4.78 is 10.9. The molecule has 1 aliphatic rings. The van der Waals surface area contributed by atoms with Crippen LogP contribution in [0.2, 0.25) is 0 Å². The van der Waals surface area contributed by atoms with Crippen LogP contribution in [-0.4, -0.2) is 28.5 Å². The number of nitrogens with one attached hydrogen (secondary N) is 3. The maximum atomic E-state index is 12.3. The van der Waals surface area contributed by atoms with E-state index in [4.69, 9.17) is 9.47 Å². The average molecular weight is 519 g/mol. The van der Waals surface area contributed by atoms with Crippen molar-refractivity contribution < 1.29 is 23.9 Å². The smallest absolute Gasteiger partial charge is 0.413 e. The number of fused-ring (bicyclic) bond motifs is 1. The number of ether oxygens (including phenoxy) is 2. The van der Waals surface area contributed by atoms with E-state index in [1.54, 1.807) is 63.4 Å². The largest absolute Gasteiger partial charge is 0.449 e. The lowest BCUT2D eigenvalue weighted by Gasteiger charge is -2.19. The second-order valence-corrected chi connectivity index (χ2v) is 10.2. The van der Waals surface area contributed by atoms with Crippen LogP contribution in [0.1, 0.15) is 36.1 Å². The Kier molecular flexibility index (Phi) is 7.69. The van der Waals surface area contributed by atoms with E-state index in [0.717, 1.165) is 15.3 Å². The van der Waals surface area contributed by atoms with E-state index in [2.05, 4.69) is 20.9 Å². The van der Waals surface area contributed by atoms with Crippen LogP contribution < -0.4 is 20.7 Å². The van der Waals surface area contributed by atoms with E-state index in [-0.39, 0.29) is 24.1 Å². The monoisotopic (exact) mass is 518 g/mol. The van der Waals surface area contributed by atoms with Gasteiger partial charge in [0.2, 0.25) is 5.91 Å². The molecular formula is C27H26N4O5S. The molecule has 3 amide bonds. The zero-order valence-electron chi connectivity index (χ0n) is 20.5. The SMILES string of the molecule is CC(C)(C)OC(=O)Nc1ccc(CNC(=O)/C=C/c2ccc(/C=C3\Oc4ccccc4NC3=O)s2)cn1. The Morgan fingerprint density at radius 1 is 1.11 bits per heavy atom. The highest BCUT2D eigenvalue weighted by Gasteiger charge is 2.21. The number of thiophene rings is 1. The normalized spacial score (nSPS) is 14.0. The molecule has 37 heavy (non-hydrogen) atoms. The predicted octanol–water partition coefficient (Wildman–Crippen LogP) is 5.19. The van der Waals surface area contributed by atoms with Gasteiger partial charge in [0.1, 0.15) is 11.4 Å². The second kappa shape index (κ2) is 11.1. The number of pyridine rings is 1. The summed E-state index contributed by atoms with van der Waals surface area (Å²) in [6.45, 7) is 5.61. The third-order valence-corrected chi connectivity index (χ3v) is 5.82. The molecule has 0 spiro atoms. The van der Waals surface area contributed by atoms with Crippen LogP contribution in [0, 0.1) is 0 Å². The van der Waals surface area contributed by atoms with E-state index in [0.29, 0.717) is 17.3 Å². The minimum absolute atomic E-state index is 0.203. The fraction of sp³-hybridized carbons (Fsp3) is 0.185. The highest BCUT2D eigenvalue weighted by molar-refractivity contribution is 7.13. The van der Waals surface area contributed by atoms with Crippen molar-refractivity contribution in [3.05, 3.63) is 81.9 Å². The van der Waals surface area contributed by atoms with Crippen molar-refractivity contribution in [2.45, 2.75) is 32.9 Å². The van der Waals surface area contributed by atoms with Crippen molar-refractivity contribution in [3.8, 4) is 5.75 Å². The highest BCUT2D eigenvalue weighted by Crippen LogP contribution is 2.31. The fourth-order valence-electron chi connectivity index (χ4n) is 3.18. The molecular weight excluding hydrogens is 492 g/mol. The van der Waals surface area contributed by atoms with E-state index >= 15 is 0 Å². The Morgan fingerprint density at radius 2 is 1.89 bits per heavy atom. The van der Waals surface area contributed by atoms with Gasteiger partial charge >= 0.3 is 6.09 Å². The van der Waals surface area contributed by atoms with Gasteiger partial charge in [-0.05, 0) is 62.7 Å². The molecule has 4 rings (SSSR count). The molecule has 0 saturated heterocycles. The standard InChI is InChI=1S/C27H26N4O5S/c1-27(2,3)36-26(34)31-23-12-8-17(15-28-23)16-29-24(32)13-11-18-9-10-19(37-18)14-22-25(33)30-20-6-4-5-7-21(20)35-22/h4-15H,16H2,1-3H3,(H,29,32)(H,30,33)(H,28,31,34)/b13-11+,22-14-. The molecule has 0 bridgehead atoms. The number of nitrogens with zero attached hydrogens (tertiary/aromatic N) is 1. The van der Waals surface area contributed by atoms with Gasteiger partial charge in [0, 0.05) is 34.6 Å². The van der Waals surface area contributed by atoms with Gasteiger partial charge in [0.05, 0.1) is 5.69 Å². The summed E-state index contributed by atoms with van der Waals surface area (Å²) in [7, 11) is 0. The summed E-state index contributed by atoms with van der Waals surface area (Å²) in [5, 5.41) is 8.15. The van der Waals surface area contributed by atoms with E-state index in [9.17, 15) is 14.4 Å². The number of carbonyl (C=O) groups is 3.